The van der Waals surface area contributed by atoms with Crippen molar-refractivity contribution in [3.63, 3.8) is 0 Å². The van der Waals surface area contributed by atoms with Crippen LogP contribution in [0.2, 0.25) is 0 Å². The molecule has 0 aliphatic heterocycles. The molecule has 2 rings (SSSR count). The number of oxazole rings is 1. The van der Waals surface area contributed by atoms with E-state index in [1.807, 2.05) is 6.07 Å². The van der Waals surface area contributed by atoms with E-state index in [2.05, 4.69) is 4.98 Å². The average Bonchev–Trinajstić information content (AvgIpc) is 2.84. The van der Waals surface area contributed by atoms with Gasteiger partial charge >= 0.3 is 5.97 Å². The second-order valence-electron chi connectivity index (χ2n) is 4.07. The SMILES string of the molecule is CCOC(=O)c1oc(-c2ccccc2C)nc1C(F)F. The van der Waals surface area contributed by atoms with Gasteiger partial charge in [0.1, 0.15) is 0 Å². The van der Waals surface area contributed by atoms with Gasteiger partial charge in [-0.1, -0.05) is 18.2 Å². The maximum absolute atomic E-state index is 12.9. The molecule has 0 radical (unpaired) electrons. The fraction of sp³-hybridized carbons (Fsp3) is 0.286. The van der Waals surface area contributed by atoms with Crippen molar-refractivity contribution in [3.8, 4) is 11.5 Å². The van der Waals surface area contributed by atoms with Crippen molar-refractivity contribution in [2.24, 2.45) is 0 Å². The van der Waals surface area contributed by atoms with Crippen LogP contribution in [0, 0.1) is 6.92 Å². The van der Waals surface area contributed by atoms with Gasteiger partial charge in [0.05, 0.1) is 6.61 Å². The van der Waals surface area contributed by atoms with Gasteiger partial charge in [-0.15, -0.1) is 0 Å². The lowest BCUT2D eigenvalue weighted by Crippen LogP contribution is -2.06. The van der Waals surface area contributed by atoms with E-state index >= 15 is 0 Å². The standard InChI is InChI=1S/C14H13F2NO3/c1-3-19-14(18)11-10(12(15)16)17-13(20-11)9-7-5-4-6-8(9)2/h4-7,12H,3H2,1-2H3. The lowest BCUT2D eigenvalue weighted by atomic mass is 10.1. The second kappa shape index (κ2) is 5.81. The predicted octanol–water partition coefficient (Wildman–Crippen LogP) is 3.76. The van der Waals surface area contributed by atoms with E-state index in [0.717, 1.165) is 5.56 Å². The van der Waals surface area contributed by atoms with Gasteiger partial charge in [-0.3, -0.25) is 0 Å². The number of nitrogens with zero attached hydrogens (tertiary/aromatic N) is 1. The molecule has 2 aromatic rings. The quantitative estimate of drug-likeness (QED) is 0.800. The van der Waals surface area contributed by atoms with Gasteiger partial charge in [0.15, 0.2) is 5.69 Å². The Morgan fingerprint density at radius 2 is 2.10 bits per heavy atom. The molecule has 1 aromatic heterocycles. The van der Waals surface area contributed by atoms with Gasteiger partial charge < -0.3 is 9.15 Å². The zero-order valence-electron chi connectivity index (χ0n) is 11.0. The number of carbonyl (C=O) groups is 1. The lowest BCUT2D eigenvalue weighted by molar-refractivity contribution is 0.0476. The first-order valence-electron chi connectivity index (χ1n) is 6.06. The third-order valence-electron chi connectivity index (χ3n) is 2.70. The third kappa shape index (κ3) is 2.68. The first-order chi connectivity index (χ1) is 9.54. The summed E-state index contributed by atoms with van der Waals surface area (Å²) >= 11 is 0. The summed E-state index contributed by atoms with van der Waals surface area (Å²) in [5.41, 5.74) is 0.677. The molecule has 1 aromatic carbocycles. The Hall–Kier alpha value is -2.24. The number of rotatable bonds is 4. The molecule has 0 N–H and O–H groups in total. The first kappa shape index (κ1) is 14.2. The molecular formula is C14H13F2NO3. The summed E-state index contributed by atoms with van der Waals surface area (Å²) < 4.78 is 35.7. The van der Waals surface area contributed by atoms with Crippen molar-refractivity contribution in [1.82, 2.24) is 4.98 Å². The molecular weight excluding hydrogens is 268 g/mol. The topological polar surface area (TPSA) is 52.3 Å². The van der Waals surface area contributed by atoms with Crippen LogP contribution in [-0.2, 0) is 4.74 Å². The zero-order valence-corrected chi connectivity index (χ0v) is 11.0. The first-order valence-corrected chi connectivity index (χ1v) is 6.06. The van der Waals surface area contributed by atoms with Gasteiger partial charge in [0.2, 0.25) is 11.7 Å². The Labute approximate surface area is 114 Å². The van der Waals surface area contributed by atoms with E-state index in [-0.39, 0.29) is 12.5 Å². The highest BCUT2D eigenvalue weighted by atomic mass is 19.3. The van der Waals surface area contributed by atoms with Crippen LogP contribution in [0.25, 0.3) is 11.5 Å². The summed E-state index contributed by atoms with van der Waals surface area (Å²) in [6.45, 7) is 3.45. The Balaban J connectivity index is 2.50. The molecule has 0 aliphatic carbocycles. The molecule has 0 bridgehead atoms. The molecule has 0 amide bonds. The number of aromatic nitrogens is 1. The van der Waals surface area contributed by atoms with E-state index in [9.17, 15) is 13.6 Å². The average molecular weight is 281 g/mol. The van der Waals surface area contributed by atoms with Crippen molar-refractivity contribution in [3.05, 3.63) is 41.3 Å². The number of halogens is 2. The molecule has 1 heterocycles. The van der Waals surface area contributed by atoms with E-state index in [1.54, 1.807) is 32.0 Å². The Morgan fingerprint density at radius 1 is 1.40 bits per heavy atom. The minimum atomic E-state index is -2.91. The minimum Gasteiger partial charge on any atom is -0.460 e. The van der Waals surface area contributed by atoms with Crippen LogP contribution < -0.4 is 0 Å². The number of alkyl halides is 2. The summed E-state index contributed by atoms with van der Waals surface area (Å²) in [6, 6.07) is 7.03. The smallest absolute Gasteiger partial charge is 0.376 e. The van der Waals surface area contributed by atoms with Crippen molar-refractivity contribution in [1.29, 1.82) is 0 Å². The molecule has 0 fully saturated rings. The summed E-state index contributed by atoms with van der Waals surface area (Å²) in [7, 11) is 0. The van der Waals surface area contributed by atoms with Crippen LogP contribution in [0.3, 0.4) is 0 Å². The van der Waals surface area contributed by atoms with Gasteiger partial charge in [0, 0.05) is 5.56 Å². The van der Waals surface area contributed by atoms with Crippen molar-refractivity contribution in [2.45, 2.75) is 20.3 Å². The molecule has 0 aliphatic rings. The maximum Gasteiger partial charge on any atom is 0.376 e. The summed E-state index contributed by atoms with van der Waals surface area (Å²) in [5.74, 6) is -1.49. The van der Waals surface area contributed by atoms with Gasteiger partial charge in [0.25, 0.3) is 6.43 Å². The molecule has 6 heteroatoms. The van der Waals surface area contributed by atoms with E-state index in [1.165, 1.54) is 0 Å². The second-order valence-corrected chi connectivity index (χ2v) is 4.07. The number of hydrogen-bond acceptors (Lipinski definition) is 4. The minimum absolute atomic E-state index is 0.0125. The molecule has 4 nitrogen and oxygen atoms in total. The van der Waals surface area contributed by atoms with Crippen LogP contribution in [-0.4, -0.2) is 17.6 Å². The van der Waals surface area contributed by atoms with Gasteiger partial charge in [-0.25, -0.2) is 18.6 Å². The van der Waals surface area contributed by atoms with Crippen LogP contribution >= 0.6 is 0 Å². The number of hydrogen-bond donors (Lipinski definition) is 0. The maximum atomic E-state index is 12.9. The molecule has 20 heavy (non-hydrogen) atoms. The molecule has 0 unspecified atom stereocenters. The largest absolute Gasteiger partial charge is 0.460 e. The molecule has 0 saturated carbocycles. The molecule has 0 saturated heterocycles. The third-order valence-corrected chi connectivity index (χ3v) is 2.70. The summed E-state index contributed by atoms with van der Waals surface area (Å²) in [4.78, 5) is 15.3. The highest BCUT2D eigenvalue weighted by Gasteiger charge is 2.28. The van der Waals surface area contributed by atoms with E-state index in [4.69, 9.17) is 9.15 Å². The zero-order chi connectivity index (χ0) is 14.7. The number of carbonyl (C=O) groups excluding carboxylic acids is 1. The normalized spacial score (nSPS) is 10.8. The number of esters is 1. The van der Waals surface area contributed by atoms with E-state index in [0.29, 0.717) is 5.56 Å². The summed E-state index contributed by atoms with van der Waals surface area (Å²) in [6.07, 6.45) is -2.91. The number of ether oxygens (including phenoxy) is 1. The Kier molecular flexibility index (Phi) is 4.12. The summed E-state index contributed by atoms with van der Waals surface area (Å²) in [5, 5.41) is 0. The van der Waals surface area contributed by atoms with Crippen molar-refractivity contribution >= 4 is 5.97 Å². The van der Waals surface area contributed by atoms with E-state index < -0.39 is 23.8 Å². The highest BCUT2D eigenvalue weighted by Crippen LogP contribution is 2.30. The van der Waals surface area contributed by atoms with Crippen molar-refractivity contribution in [2.75, 3.05) is 6.61 Å². The fourth-order valence-electron chi connectivity index (χ4n) is 1.75. The predicted molar refractivity (Wildman–Crippen MR) is 67.6 cm³/mol. The van der Waals surface area contributed by atoms with Gasteiger partial charge in [-0.2, -0.15) is 0 Å². The van der Waals surface area contributed by atoms with Crippen LogP contribution in [0.5, 0.6) is 0 Å². The Morgan fingerprint density at radius 3 is 2.70 bits per heavy atom. The van der Waals surface area contributed by atoms with Crippen molar-refractivity contribution < 1.29 is 22.7 Å². The van der Waals surface area contributed by atoms with Crippen LogP contribution in [0.1, 0.15) is 35.2 Å². The Bertz CT molecular complexity index is 623. The van der Waals surface area contributed by atoms with Crippen LogP contribution in [0.15, 0.2) is 28.7 Å². The number of aryl methyl sites for hydroxylation is 1. The molecule has 0 spiro atoms. The van der Waals surface area contributed by atoms with Gasteiger partial charge in [-0.05, 0) is 25.5 Å². The van der Waals surface area contributed by atoms with Crippen LogP contribution in [0.4, 0.5) is 8.78 Å². The molecule has 0 atom stereocenters. The highest BCUT2D eigenvalue weighted by molar-refractivity contribution is 5.88. The lowest BCUT2D eigenvalue weighted by Gasteiger charge is -2.00. The monoisotopic (exact) mass is 281 g/mol. The fourth-order valence-corrected chi connectivity index (χ4v) is 1.75. The molecule has 106 valence electrons. The number of benzene rings is 1.